The van der Waals surface area contributed by atoms with Gasteiger partial charge in [-0.2, -0.15) is 23.5 Å². The van der Waals surface area contributed by atoms with Crippen LogP contribution in [0, 0.1) is 26.1 Å². The van der Waals surface area contributed by atoms with E-state index in [4.69, 9.17) is 22.9 Å². The monoisotopic (exact) mass is 1550 g/mol. The number of benzene rings is 2. The Labute approximate surface area is 641 Å². The Morgan fingerprint density at radius 2 is 1.02 bits per heavy atom. The molecule has 604 valence electrons. The summed E-state index contributed by atoms with van der Waals surface area (Å²) in [6.45, 7) is 12.4. The molecule has 108 heavy (non-hydrogen) atoms. The first-order valence-electron chi connectivity index (χ1n) is 36.8. The van der Waals surface area contributed by atoms with Crippen LogP contribution in [0.25, 0.3) is 0 Å². The minimum Gasteiger partial charge on any atom is -0.480 e. The van der Waals surface area contributed by atoms with Crippen LogP contribution in [0.15, 0.2) is 77.4 Å². The van der Waals surface area contributed by atoms with E-state index in [-0.39, 0.29) is 107 Å². The van der Waals surface area contributed by atoms with Crippen molar-refractivity contribution in [2.45, 2.75) is 225 Å². The van der Waals surface area contributed by atoms with E-state index in [0.717, 1.165) is 43.4 Å². The number of amides is 9. The highest BCUT2D eigenvalue weighted by Crippen LogP contribution is 2.29. The fraction of sp³-hybridized carbons (Fsp3) is 0.616. The molecule has 33 nitrogen and oxygen atoms in total. The molecular formula is C73H118N16O17S2. The van der Waals surface area contributed by atoms with E-state index in [0.29, 0.717) is 43.6 Å². The third-order valence-corrected chi connectivity index (χ3v) is 19.3. The van der Waals surface area contributed by atoms with Crippen molar-refractivity contribution in [3.8, 4) is 0 Å². The number of para-hydroxylation sites is 1. The molecule has 2 aromatic carbocycles. The van der Waals surface area contributed by atoms with E-state index in [1.54, 1.807) is 32.2 Å². The highest BCUT2D eigenvalue weighted by molar-refractivity contribution is 7.99. The van der Waals surface area contributed by atoms with Crippen molar-refractivity contribution in [3.05, 3.63) is 103 Å². The standard InChI is InChI=1S/C73H118N16O17S2/c1-9-48(6)62(71(99)83-58(73(101)102)35-40-107-8)86-67(95)57(31-15-19-39-78-53-33-32-50(88(103)104)42-61(53)89(105)106)81-70(98)60(44-108-41-34-47(5)25-21-24-46(4)23-20-22-45(2)3)85-66(94)55(29-13-17-37-75)82-72(100)63(49(7)91)87-68(96)56(30-14-18-38-76)80-69(97)59(43-90)84-65(93)54(28-12-16-36-74)79-64(92)51-26-10-11-27-52(51)77/h10-11,22,24,26-27,32-34,42,48-49,54-60,62-63,78,90-91H,9,12-21,23,25,28-31,35-41,43-44,74-77H2,1-8H3,(H,79,92)(H,80,97)(H,81,98)(H,82,100)(H,83,99)(H,84,93)(H,85,94)(H,86,95)(H,87,96)(H,101,102)/b46-24+,47-34+/t48-,49+,54-,55-,56-,57-,58-,59-,60-,62-,63-/m0/s1. The van der Waals surface area contributed by atoms with Crippen LogP contribution >= 0.6 is 23.5 Å². The van der Waals surface area contributed by atoms with E-state index >= 15 is 4.79 Å². The molecule has 0 bridgehead atoms. The summed E-state index contributed by atoms with van der Waals surface area (Å²) in [6.07, 6.45) is 12.2. The van der Waals surface area contributed by atoms with Gasteiger partial charge in [0.15, 0.2) is 0 Å². The maximum Gasteiger partial charge on any atom is 0.326 e. The molecule has 0 aromatic heterocycles. The van der Waals surface area contributed by atoms with E-state index in [9.17, 15) is 78.7 Å². The number of allylic oxidation sites excluding steroid dienone is 5. The number of nitro groups is 2. The molecule has 11 atom stereocenters. The number of anilines is 2. The SMILES string of the molecule is CC[C@H](C)[C@H](NC(=O)[C@H](CCCCNc1ccc([N+](=O)[O-])cc1[N+](=O)[O-])NC(=O)[C@H](CSC/C=C(\C)CC/C=C(\C)CCC=C(C)C)NC(=O)[C@H](CCCCN)NC(=O)[C@@H](NC(=O)[C@H](CCCCN)NC(=O)[C@H](CO)NC(=O)[C@H](CCCCN)NC(=O)c1ccccc1N)[C@@H](C)O)C(=O)N[C@@H](CCSC)C(=O)O. The van der Waals surface area contributed by atoms with Gasteiger partial charge in [-0.15, -0.1) is 0 Å². The number of carboxylic acid groups (broad SMARTS) is 1. The first-order valence-corrected chi connectivity index (χ1v) is 39.3. The Morgan fingerprint density at radius 1 is 0.556 bits per heavy atom. The fourth-order valence-corrected chi connectivity index (χ4v) is 12.4. The number of carbonyl (C=O) groups is 10. The molecule has 0 aliphatic heterocycles. The van der Waals surface area contributed by atoms with E-state index in [1.807, 2.05) is 26.8 Å². The molecule has 2 aromatic rings. The molecule has 0 radical (unpaired) electrons. The summed E-state index contributed by atoms with van der Waals surface area (Å²) >= 11 is 2.62. The Balaban J connectivity index is 2.69. The molecule has 0 saturated heterocycles. The van der Waals surface area contributed by atoms with Gasteiger partial charge < -0.3 is 91.4 Å². The number of hydrogen-bond donors (Lipinski definition) is 17. The zero-order valence-corrected chi connectivity index (χ0v) is 65.2. The summed E-state index contributed by atoms with van der Waals surface area (Å²) in [7, 11) is 0. The zero-order valence-electron chi connectivity index (χ0n) is 63.6. The van der Waals surface area contributed by atoms with Gasteiger partial charge in [0.1, 0.15) is 60.1 Å². The van der Waals surface area contributed by atoms with Crippen LogP contribution in [0.2, 0.25) is 0 Å². The highest BCUT2D eigenvalue weighted by atomic mass is 32.2. The number of carboxylic acids is 1. The van der Waals surface area contributed by atoms with Gasteiger partial charge in [-0.1, -0.05) is 67.3 Å². The van der Waals surface area contributed by atoms with Crippen molar-refractivity contribution in [1.82, 2.24) is 47.9 Å². The van der Waals surface area contributed by atoms with Crippen LogP contribution in [0.3, 0.4) is 0 Å². The summed E-state index contributed by atoms with van der Waals surface area (Å²) < 4.78 is 0. The van der Waals surface area contributed by atoms with Crippen LogP contribution in [0.4, 0.5) is 22.7 Å². The molecule has 0 unspecified atom stereocenters. The average Bonchev–Trinajstić information content (AvgIpc) is 0.856. The van der Waals surface area contributed by atoms with Gasteiger partial charge in [-0.05, 0) is 200 Å². The van der Waals surface area contributed by atoms with Crippen LogP contribution in [0.5, 0.6) is 0 Å². The van der Waals surface area contributed by atoms with E-state index < -0.39 is 153 Å². The Hall–Kier alpha value is -8.74. The number of thioether (sulfide) groups is 2. The summed E-state index contributed by atoms with van der Waals surface area (Å²) in [4.78, 5) is 163. The number of nitrogen functional groups attached to an aromatic ring is 1. The maximum absolute atomic E-state index is 15.1. The number of aliphatic hydroxyl groups is 2. The molecule has 0 spiro atoms. The summed E-state index contributed by atoms with van der Waals surface area (Å²) in [6, 6.07) is -4.06. The van der Waals surface area contributed by atoms with E-state index in [1.165, 1.54) is 59.8 Å². The molecule has 2 rings (SSSR count). The minimum absolute atomic E-state index is 0.0293. The molecule has 35 heteroatoms. The number of rotatable bonds is 56. The number of hydrogen-bond acceptors (Lipinski definition) is 23. The first-order chi connectivity index (χ1) is 51.4. The number of unbranched alkanes of at least 4 members (excludes halogenated alkanes) is 4. The second-order valence-corrected chi connectivity index (χ2v) is 28.9. The number of aliphatic carboxylic acids is 1. The van der Waals surface area contributed by atoms with Crippen molar-refractivity contribution in [1.29, 1.82) is 0 Å². The summed E-state index contributed by atoms with van der Waals surface area (Å²) in [5, 5.41) is 81.5. The quantitative estimate of drug-likeness (QED) is 0.0145. The second kappa shape index (κ2) is 53.1. The first kappa shape index (κ1) is 95.3. The number of nitro benzene ring substituents is 2. The van der Waals surface area contributed by atoms with Crippen LogP contribution in [0.1, 0.15) is 174 Å². The Kier molecular flexibility index (Phi) is 46.9. The van der Waals surface area contributed by atoms with Crippen molar-refractivity contribution >= 4 is 105 Å². The van der Waals surface area contributed by atoms with Crippen LogP contribution in [-0.2, 0) is 43.2 Å². The van der Waals surface area contributed by atoms with Gasteiger partial charge in [0.2, 0.25) is 47.3 Å². The van der Waals surface area contributed by atoms with Gasteiger partial charge in [-0.3, -0.25) is 63.4 Å². The van der Waals surface area contributed by atoms with Gasteiger partial charge in [0, 0.05) is 29.8 Å². The smallest absolute Gasteiger partial charge is 0.326 e. The maximum atomic E-state index is 15.1. The van der Waals surface area contributed by atoms with Gasteiger partial charge in [-0.25, -0.2) is 4.79 Å². The highest BCUT2D eigenvalue weighted by Gasteiger charge is 2.38. The van der Waals surface area contributed by atoms with E-state index in [2.05, 4.69) is 72.2 Å². The van der Waals surface area contributed by atoms with Crippen LogP contribution in [-0.4, -0.2) is 201 Å². The second-order valence-electron chi connectivity index (χ2n) is 26.9. The average molecular weight is 1560 g/mol. The number of nitrogens with one attached hydrogen (secondary N) is 10. The molecule has 0 aliphatic rings. The lowest BCUT2D eigenvalue weighted by Crippen LogP contribution is -2.62. The molecule has 21 N–H and O–H groups in total. The number of aliphatic hydroxyl groups excluding tert-OH is 2. The number of carbonyl (C=O) groups excluding carboxylic acids is 9. The number of non-ortho nitro benzene ring substituents is 1. The summed E-state index contributed by atoms with van der Waals surface area (Å²) in [5.74, 6) is -9.44. The third kappa shape index (κ3) is 36.4. The van der Waals surface area contributed by atoms with Gasteiger partial charge in [0.05, 0.1) is 34.2 Å². The summed E-state index contributed by atoms with van der Waals surface area (Å²) in [5.41, 5.74) is 26.1. The largest absolute Gasteiger partial charge is 0.480 e. The zero-order chi connectivity index (χ0) is 80.8. The lowest BCUT2D eigenvalue weighted by Gasteiger charge is -2.29. The van der Waals surface area contributed by atoms with Gasteiger partial charge >= 0.3 is 5.97 Å². The topological polar surface area (TPSA) is 542 Å². The predicted octanol–water partition coefficient (Wildman–Crippen LogP) is 4.14. The number of nitrogens with two attached hydrogens (primary N) is 4. The number of nitrogens with zero attached hydrogens (tertiary/aromatic N) is 2. The normalized spacial score (nSPS) is 14.6. The fourth-order valence-electron chi connectivity index (χ4n) is 10.9. The molecule has 9 amide bonds. The Morgan fingerprint density at radius 3 is 1.52 bits per heavy atom. The molecule has 0 fully saturated rings. The predicted molar refractivity (Wildman–Crippen MR) is 420 cm³/mol. The molecular weight excluding hydrogens is 1440 g/mol. The van der Waals surface area contributed by atoms with Crippen molar-refractivity contribution in [2.24, 2.45) is 23.1 Å². The van der Waals surface area contributed by atoms with Crippen molar-refractivity contribution in [2.75, 3.05) is 67.4 Å². The Bertz CT molecular complexity index is 3340. The third-order valence-electron chi connectivity index (χ3n) is 17.7. The minimum atomic E-state index is -1.82. The van der Waals surface area contributed by atoms with Crippen molar-refractivity contribution in [3.63, 3.8) is 0 Å². The molecule has 0 aliphatic carbocycles. The lowest BCUT2D eigenvalue weighted by atomic mass is 9.97. The van der Waals surface area contributed by atoms with Crippen LogP contribution < -0.4 is 76.1 Å². The lowest BCUT2D eigenvalue weighted by molar-refractivity contribution is -0.393. The van der Waals surface area contributed by atoms with Crippen molar-refractivity contribution < 1.29 is 73.1 Å². The molecule has 0 heterocycles. The van der Waals surface area contributed by atoms with Gasteiger partial charge in [0.25, 0.3) is 17.3 Å². The molecule has 0 saturated carbocycles.